The van der Waals surface area contributed by atoms with Crippen molar-refractivity contribution >= 4 is 35.2 Å². The minimum atomic E-state index is -1.06. The van der Waals surface area contributed by atoms with Gasteiger partial charge in [-0.05, 0) is 12.1 Å². The van der Waals surface area contributed by atoms with Crippen LogP contribution < -0.4 is 5.32 Å². The molecule has 8 heteroatoms. The van der Waals surface area contributed by atoms with E-state index < -0.39 is 12.0 Å². The van der Waals surface area contributed by atoms with Gasteiger partial charge in [-0.15, -0.1) is 0 Å². The van der Waals surface area contributed by atoms with Crippen LogP contribution in [0.4, 0.5) is 4.79 Å². The fraction of sp³-hybridized carbons (Fsp3) is 0.300. The summed E-state index contributed by atoms with van der Waals surface area (Å²) in [4.78, 5) is 27.0. The first-order valence-corrected chi connectivity index (χ1v) is 5.71. The molecule has 0 bridgehead atoms. The molecule has 0 aliphatic heterocycles. The van der Waals surface area contributed by atoms with Gasteiger partial charge in [0.15, 0.2) is 0 Å². The van der Waals surface area contributed by atoms with E-state index in [1.807, 2.05) is 0 Å². The fourth-order valence-electron chi connectivity index (χ4n) is 1.11. The van der Waals surface area contributed by atoms with E-state index in [-0.39, 0.29) is 29.0 Å². The Kier molecular flexibility index (Phi) is 5.18. The van der Waals surface area contributed by atoms with Crippen LogP contribution in [-0.4, -0.2) is 47.1 Å². The van der Waals surface area contributed by atoms with Gasteiger partial charge in [-0.25, -0.2) is 9.78 Å². The molecule has 0 radical (unpaired) electrons. The third-order valence-electron chi connectivity index (χ3n) is 2.12. The summed E-state index contributed by atoms with van der Waals surface area (Å²) in [7, 11) is 1.41. The first-order valence-electron chi connectivity index (χ1n) is 4.96. The van der Waals surface area contributed by atoms with Crippen LogP contribution in [0.25, 0.3) is 0 Å². The maximum atomic E-state index is 11.7. The number of carbonyl (C=O) groups is 2. The van der Waals surface area contributed by atoms with Crippen LogP contribution in [0.2, 0.25) is 10.3 Å². The number of carbonyl (C=O) groups excluding carboxylic acids is 1. The number of pyridine rings is 1. The molecule has 98 valence electrons. The minimum absolute atomic E-state index is 0.00610. The van der Waals surface area contributed by atoms with Crippen molar-refractivity contribution in [2.75, 3.05) is 20.1 Å². The zero-order valence-electron chi connectivity index (χ0n) is 9.48. The molecule has 0 aliphatic rings. The zero-order valence-corrected chi connectivity index (χ0v) is 11.0. The second-order valence-electron chi connectivity index (χ2n) is 3.43. The van der Waals surface area contributed by atoms with Gasteiger partial charge in [-0.1, -0.05) is 23.2 Å². The summed E-state index contributed by atoms with van der Waals surface area (Å²) in [6, 6.07) is 2.90. The van der Waals surface area contributed by atoms with Crippen molar-refractivity contribution in [2.24, 2.45) is 0 Å². The first-order chi connectivity index (χ1) is 8.41. The number of carboxylic acid groups (broad SMARTS) is 1. The number of aromatic nitrogens is 1. The molecule has 1 aromatic rings. The molecule has 1 rings (SSSR count). The highest BCUT2D eigenvalue weighted by molar-refractivity contribution is 6.34. The number of nitrogens with one attached hydrogen (secondary N) is 1. The predicted octanol–water partition coefficient (Wildman–Crippen LogP) is 1.73. The summed E-state index contributed by atoms with van der Waals surface area (Å²) in [5, 5.41) is 11.3. The van der Waals surface area contributed by atoms with Crippen LogP contribution in [0.5, 0.6) is 0 Å². The Morgan fingerprint density at radius 3 is 2.67 bits per heavy atom. The second kappa shape index (κ2) is 6.42. The molecule has 0 atom stereocenters. The van der Waals surface area contributed by atoms with E-state index in [4.69, 9.17) is 28.3 Å². The highest BCUT2D eigenvalue weighted by Crippen LogP contribution is 2.16. The zero-order chi connectivity index (χ0) is 13.7. The summed E-state index contributed by atoms with van der Waals surface area (Å²) in [6.07, 6.45) is -1.06. The quantitative estimate of drug-likeness (QED) is 0.828. The number of likely N-dealkylation sites (N-methyl/N-ethyl adjacent to an activating group) is 1. The number of amides is 2. The number of hydrogen-bond acceptors (Lipinski definition) is 3. The molecule has 18 heavy (non-hydrogen) atoms. The topological polar surface area (TPSA) is 82.5 Å². The second-order valence-corrected chi connectivity index (χ2v) is 4.18. The summed E-state index contributed by atoms with van der Waals surface area (Å²) in [5.41, 5.74) is 0.194. The van der Waals surface area contributed by atoms with Gasteiger partial charge in [0.2, 0.25) is 0 Å². The molecule has 0 spiro atoms. The summed E-state index contributed by atoms with van der Waals surface area (Å²) < 4.78 is 0. The van der Waals surface area contributed by atoms with Crippen molar-refractivity contribution < 1.29 is 14.7 Å². The molecule has 2 amide bonds. The molecule has 0 saturated heterocycles. The summed E-state index contributed by atoms with van der Waals surface area (Å²) in [5.74, 6) is -0.428. The maximum absolute atomic E-state index is 11.7. The number of hydrogen-bond donors (Lipinski definition) is 2. The lowest BCUT2D eigenvalue weighted by Gasteiger charge is -2.13. The predicted molar refractivity (Wildman–Crippen MR) is 67.2 cm³/mol. The van der Waals surface area contributed by atoms with Crippen molar-refractivity contribution in [3.8, 4) is 0 Å². The molecule has 6 nitrogen and oxygen atoms in total. The Morgan fingerprint density at radius 2 is 2.11 bits per heavy atom. The molecule has 1 aromatic heterocycles. The highest BCUT2D eigenvalue weighted by Gasteiger charge is 2.12. The molecule has 2 N–H and O–H groups in total. The standard InChI is InChI=1S/C10H11Cl2N3O3/c1-15(10(17)18)5-4-13-9(16)6-2-3-7(11)14-8(6)12/h2-3H,4-5H2,1H3,(H,13,16)(H,17,18). The Bertz CT molecular complexity index is 468. The smallest absolute Gasteiger partial charge is 0.407 e. The minimum Gasteiger partial charge on any atom is -0.465 e. The monoisotopic (exact) mass is 291 g/mol. The lowest BCUT2D eigenvalue weighted by Crippen LogP contribution is -2.35. The molecule has 0 aromatic carbocycles. The van der Waals surface area contributed by atoms with Gasteiger partial charge in [0, 0.05) is 20.1 Å². The Hall–Kier alpha value is -1.53. The Labute approximate surface area is 114 Å². The lowest BCUT2D eigenvalue weighted by atomic mass is 10.2. The van der Waals surface area contributed by atoms with Crippen LogP contribution >= 0.6 is 23.2 Å². The van der Waals surface area contributed by atoms with Gasteiger partial charge in [0.05, 0.1) is 5.56 Å². The van der Waals surface area contributed by atoms with Gasteiger partial charge in [0.1, 0.15) is 10.3 Å². The van der Waals surface area contributed by atoms with Gasteiger partial charge >= 0.3 is 6.09 Å². The molecule has 1 heterocycles. The van der Waals surface area contributed by atoms with E-state index in [9.17, 15) is 9.59 Å². The van der Waals surface area contributed by atoms with Gasteiger partial charge in [-0.2, -0.15) is 0 Å². The van der Waals surface area contributed by atoms with Crippen LogP contribution in [0.15, 0.2) is 12.1 Å². The summed E-state index contributed by atoms with van der Waals surface area (Å²) >= 11 is 11.4. The molecule has 0 fully saturated rings. The van der Waals surface area contributed by atoms with Crippen molar-refractivity contribution in [2.45, 2.75) is 0 Å². The number of halogens is 2. The number of rotatable bonds is 4. The van der Waals surface area contributed by atoms with E-state index in [0.29, 0.717) is 0 Å². The average molecular weight is 292 g/mol. The van der Waals surface area contributed by atoms with E-state index in [1.165, 1.54) is 19.2 Å². The largest absolute Gasteiger partial charge is 0.465 e. The third-order valence-corrected chi connectivity index (χ3v) is 2.62. The van der Waals surface area contributed by atoms with Crippen LogP contribution in [0.3, 0.4) is 0 Å². The first kappa shape index (κ1) is 14.5. The Morgan fingerprint density at radius 1 is 1.44 bits per heavy atom. The van der Waals surface area contributed by atoms with Gasteiger partial charge in [-0.3, -0.25) is 4.79 Å². The van der Waals surface area contributed by atoms with Crippen molar-refractivity contribution in [3.63, 3.8) is 0 Å². The van der Waals surface area contributed by atoms with E-state index in [2.05, 4.69) is 10.3 Å². The van der Waals surface area contributed by atoms with Crippen molar-refractivity contribution in [1.29, 1.82) is 0 Å². The fourth-order valence-corrected chi connectivity index (χ4v) is 1.54. The van der Waals surface area contributed by atoms with Crippen molar-refractivity contribution in [1.82, 2.24) is 15.2 Å². The van der Waals surface area contributed by atoms with Gasteiger partial charge < -0.3 is 15.3 Å². The number of nitrogens with zero attached hydrogens (tertiary/aromatic N) is 2. The molecular weight excluding hydrogens is 281 g/mol. The lowest BCUT2D eigenvalue weighted by molar-refractivity contribution is 0.0946. The highest BCUT2D eigenvalue weighted by atomic mass is 35.5. The summed E-state index contributed by atoms with van der Waals surface area (Å²) in [6.45, 7) is 0.361. The molecule has 0 unspecified atom stereocenters. The van der Waals surface area contributed by atoms with Crippen molar-refractivity contribution in [3.05, 3.63) is 28.0 Å². The normalized spacial score (nSPS) is 9.94. The van der Waals surface area contributed by atoms with Crippen LogP contribution in [-0.2, 0) is 0 Å². The maximum Gasteiger partial charge on any atom is 0.407 e. The average Bonchev–Trinajstić information content (AvgIpc) is 2.28. The Balaban J connectivity index is 2.53. The van der Waals surface area contributed by atoms with Crippen LogP contribution in [0.1, 0.15) is 10.4 Å². The third kappa shape index (κ3) is 4.05. The van der Waals surface area contributed by atoms with E-state index >= 15 is 0 Å². The molecule has 0 saturated carbocycles. The molecular formula is C10H11Cl2N3O3. The SMILES string of the molecule is CN(CCNC(=O)c1ccc(Cl)nc1Cl)C(=O)O. The van der Waals surface area contributed by atoms with Crippen LogP contribution in [0, 0.1) is 0 Å². The van der Waals surface area contributed by atoms with Gasteiger partial charge in [0.25, 0.3) is 5.91 Å². The van der Waals surface area contributed by atoms with E-state index in [1.54, 1.807) is 0 Å². The molecule has 0 aliphatic carbocycles. The van der Waals surface area contributed by atoms with E-state index in [0.717, 1.165) is 4.90 Å².